The minimum Gasteiger partial charge on any atom is -0.496 e. The van der Waals surface area contributed by atoms with Crippen molar-refractivity contribution in [1.29, 1.82) is 0 Å². The molecule has 0 aliphatic carbocycles. The van der Waals surface area contributed by atoms with Crippen molar-refractivity contribution in [3.8, 4) is 5.75 Å². The second kappa shape index (κ2) is 11.4. The SMILES string of the molecule is COc1ccc(C)c2[nH]c(C(=O)N[C@@H](CC(C)C)C(=O)N[C@@H](CC3CCNC3=O)C(=O)CO)cc12. The van der Waals surface area contributed by atoms with E-state index in [1.165, 1.54) is 0 Å². The Hall–Kier alpha value is -3.40. The number of aliphatic hydroxyl groups excluding tert-OH is 1. The lowest BCUT2D eigenvalue weighted by Gasteiger charge is -2.24. The first-order valence-corrected chi connectivity index (χ1v) is 11.8. The second-order valence-corrected chi connectivity index (χ2v) is 9.41. The number of ether oxygens (including phenoxy) is 1. The zero-order chi connectivity index (χ0) is 25.7. The smallest absolute Gasteiger partial charge is 0.268 e. The van der Waals surface area contributed by atoms with E-state index in [1.54, 1.807) is 13.2 Å². The number of Topliss-reactive ketones (excluding diaryl/α,β-unsaturated/α-hetero) is 1. The molecule has 3 rings (SSSR count). The van der Waals surface area contributed by atoms with Gasteiger partial charge in [0, 0.05) is 17.8 Å². The van der Waals surface area contributed by atoms with Crippen molar-refractivity contribution < 1.29 is 29.0 Å². The first-order valence-electron chi connectivity index (χ1n) is 11.8. The van der Waals surface area contributed by atoms with Gasteiger partial charge in [-0.1, -0.05) is 19.9 Å². The predicted molar refractivity (Wildman–Crippen MR) is 130 cm³/mol. The molecule has 3 amide bonds. The highest BCUT2D eigenvalue weighted by Gasteiger charge is 2.33. The lowest BCUT2D eigenvalue weighted by molar-refractivity contribution is -0.131. The number of ketones is 1. The van der Waals surface area contributed by atoms with Crippen molar-refractivity contribution in [2.45, 2.75) is 52.1 Å². The lowest BCUT2D eigenvalue weighted by atomic mass is 9.95. The highest BCUT2D eigenvalue weighted by atomic mass is 16.5. The molecule has 1 aromatic heterocycles. The van der Waals surface area contributed by atoms with Gasteiger partial charge in [-0.05, 0) is 49.8 Å². The number of aliphatic hydroxyl groups is 1. The van der Waals surface area contributed by atoms with E-state index in [4.69, 9.17) is 4.74 Å². The summed E-state index contributed by atoms with van der Waals surface area (Å²) < 4.78 is 5.39. The van der Waals surface area contributed by atoms with Gasteiger partial charge in [0.15, 0.2) is 5.78 Å². The number of carbonyl (C=O) groups is 4. The maximum Gasteiger partial charge on any atom is 0.268 e. The molecule has 0 spiro atoms. The van der Waals surface area contributed by atoms with E-state index in [0.29, 0.717) is 25.1 Å². The average molecular weight is 487 g/mol. The number of fused-ring (bicyclic) bond motifs is 1. The Kier molecular flexibility index (Phi) is 8.50. The van der Waals surface area contributed by atoms with Gasteiger partial charge in [-0.15, -0.1) is 0 Å². The maximum atomic E-state index is 13.2. The van der Waals surface area contributed by atoms with Gasteiger partial charge in [-0.2, -0.15) is 0 Å². The van der Waals surface area contributed by atoms with E-state index >= 15 is 0 Å². The number of rotatable bonds is 11. The molecule has 1 unspecified atom stereocenters. The van der Waals surface area contributed by atoms with Crippen LogP contribution in [0.2, 0.25) is 0 Å². The summed E-state index contributed by atoms with van der Waals surface area (Å²) in [6.07, 6.45) is 0.990. The number of nitrogens with one attached hydrogen (secondary N) is 4. The third-order valence-corrected chi connectivity index (χ3v) is 6.30. The summed E-state index contributed by atoms with van der Waals surface area (Å²) in [5, 5.41) is 18.3. The van der Waals surface area contributed by atoms with Crippen LogP contribution in [0.15, 0.2) is 18.2 Å². The number of H-pyrrole nitrogens is 1. The average Bonchev–Trinajstić information content (AvgIpc) is 3.45. The van der Waals surface area contributed by atoms with Crippen molar-refractivity contribution in [3.63, 3.8) is 0 Å². The Balaban J connectivity index is 1.78. The fourth-order valence-corrected chi connectivity index (χ4v) is 4.38. The fraction of sp³-hybridized carbons (Fsp3) is 0.520. The maximum absolute atomic E-state index is 13.2. The molecule has 0 saturated carbocycles. The number of aryl methyl sites for hydroxylation is 1. The molecule has 3 atom stereocenters. The van der Waals surface area contributed by atoms with Crippen LogP contribution in [0.3, 0.4) is 0 Å². The zero-order valence-corrected chi connectivity index (χ0v) is 20.6. The van der Waals surface area contributed by atoms with Crippen LogP contribution in [0.1, 0.15) is 49.2 Å². The third-order valence-electron chi connectivity index (χ3n) is 6.30. The van der Waals surface area contributed by atoms with Crippen molar-refractivity contribution in [1.82, 2.24) is 20.9 Å². The molecular weight excluding hydrogens is 452 g/mol. The quantitative estimate of drug-likeness (QED) is 0.322. The van der Waals surface area contributed by atoms with Gasteiger partial charge >= 0.3 is 0 Å². The number of amides is 3. The van der Waals surface area contributed by atoms with Crippen molar-refractivity contribution >= 4 is 34.4 Å². The largest absolute Gasteiger partial charge is 0.496 e. The summed E-state index contributed by atoms with van der Waals surface area (Å²) in [6, 6.07) is 3.45. The highest BCUT2D eigenvalue weighted by molar-refractivity contribution is 6.02. The summed E-state index contributed by atoms with van der Waals surface area (Å²) in [7, 11) is 1.55. The van der Waals surface area contributed by atoms with Gasteiger partial charge in [0.05, 0.1) is 18.7 Å². The fourth-order valence-electron chi connectivity index (χ4n) is 4.38. The number of carbonyl (C=O) groups excluding carboxylic acids is 4. The van der Waals surface area contributed by atoms with Crippen LogP contribution in [-0.2, 0) is 14.4 Å². The Bertz CT molecular complexity index is 1110. The Morgan fingerprint density at radius 2 is 1.94 bits per heavy atom. The van der Waals surface area contributed by atoms with Gasteiger partial charge in [0.25, 0.3) is 5.91 Å². The summed E-state index contributed by atoms with van der Waals surface area (Å²) in [6.45, 7) is 5.51. The van der Waals surface area contributed by atoms with E-state index in [0.717, 1.165) is 16.5 Å². The van der Waals surface area contributed by atoms with Gasteiger partial charge in [-0.25, -0.2) is 0 Å². The molecule has 2 aromatic rings. The van der Waals surface area contributed by atoms with Gasteiger partial charge in [0.2, 0.25) is 11.8 Å². The Morgan fingerprint density at radius 3 is 2.54 bits per heavy atom. The van der Waals surface area contributed by atoms with Gasteiger partial charge in [0.1, 0.15) is 24.1 Å². The third kappa shape index (κ3) is 6.19. The monoisotopic (exact) mass is 486 g/mol. The number of hydrogen-bond acceptors (Lipinski definition) is 6. The number of aromatic nitrogens is 1. The minimum absolute atomic E-state index is 0.0729. The second-order valence-electron chi connectivity index (χ2n) is 9.41. The van der Waals surface area contributed by atoms with Crippen LogP contribution < -0.4 is 20.7 Å². The Labute approximate surface area is 204 Å². The summed E-state index contributed by atoms with van der Waals surface area (Å²) in [4.78, 5) is 53.7. The normalized spacial score (nSPS) is 17.2. The van der Waals surface area contributed by atoms with Crippen LogP contribution in [0.5, 0.6) is 5.75 Å². The molecule has 10 nitrogen and oxygen atoms in total. The molecule has 1 fully saturated rings. The van der Waals surface area contributed by atoms with Gasteiger partial charge in [-0.3, -0.25) is 19.2 Å². The topological polar surface area (TPSA) is 150 Å². The molecule has 2 heterocycles. The Morgan fingerprint density at radius 1 is 1.20 bits per heavy atom. The summed E-state index contributed by atoms with van der Waals surface area (Å²) >= 11 is 0. The molecule has 35 heavy (non-hydrogen) atoms. The molecule has 1 aliphatic heterocycles. The summed E-state index contributed by atoms with van der Waals surface area (Å²) in [5.41, 5.74) is 1.99. The molecule has 1 saturated heterocycles. The van der Waals surface area contributed by atoms with Crippen molar-refractivity contribution in [2.75, 3.05) is 20.3 Å². The van der Waals surface area contributed by atoms with Crippen LogP contribution >= 0.6 is 0 Å². The highest BCUT2D eigenvalue weighted by Crippen LogP contribution is 2.29. The van der Waals surface area contributed by atoms with Crippen LogP contribution in [-0.4, -0.2) is 65.9 Å². The molecule has 5 N–H and O–H groups in total. The zero-order valence-electron chi connectivity index (χ0n) is 20.6. The number of aromatic amines is 1. The number of methoxy groups -OCH3 is 1. The number of benzene rings is 1. The minimum atomic E-state index is -1.02. The van der Waals surface area contributed by atoms with Crippen LogP contribution in [0.25, 0.3) is 10.9 Å². The van der Waals surface area contributed by atoms with Gasteiger partial charge < -0.3 is 30.8 Å². The lowest BCUT2D eigenvalue weighted by Crippen LogP contribution is -2.53. The predicted octanol–water partition coefficient (Wildman–Crippen LogP) is 1.20. The van der Waals surface area contributed by atoms with E-state index in [1.807, 2.05) is 32.9 Å². The van der Waals surface area contributed by atoms with Crippen molar-refractivity contribution in [3.05, 3.63) is 29.5 Å². The molecule has 190 valence electrons. The summed E-state index contributed by atoms with van der Waals surface area (Å²) in [5.74, 6) is -1.48. The van der Waals surface area contributed by atoms with Crippen molar-refractivity contribution in [2.24, 2.45) is 11.8 Å². The molecule has 10 heteroatoms. The molecule has 0 bridgehead atoms. The van der Waals surface area contributed by atoms with E-state index < -0.39 is 42.2 Å². The van der Waals surface area contributed by atoms with E-state index in [2.05, 4.69) is 20.9 Å². The van der Waals surface area contributed by atoms with E-state index in [-0.39, 0.29) is 23.9 Å². The molecule has 0 radical (unpaired) electrons. The van der Waals surface area contributed by atoms with E-state index in [9.17, 15) is 24.3 Å². The standard InChI is InChI=1S/C25H34N4O6/c1-13(2)9-18(24(33)28-17(20(31)12-30)10-15-7-8-26-23(15)32)29-25(34)19-11-16-21(35-4)6-5-14(3)22(16)27-19/h5-6,11,13,15,17-18,27,30H,7-10,12H2,1-4H3,(H,26,32)(H,28,33)(H,29,34)/t15?,17-,18-/m0/s1. The number of hydrogen-bond donors (Lipinski definition) is 5. The molecule has 1 aliphatic rings. The molecular formula is C25H34N4O6. The first-order chi connectivity index (χ1) is 16.6. The first kappa shape index (κ1) is 26.2. The van der Waals surface area contributed by atoms with Crippen LogP contribution in [0.4, 0.5) is 0 Å². The van der Waals surface area contributed by atoms with Crippen LogP contribution in [0, 0.1) is 18.8 Å². The molecule has 1 aromatic carbocycles.